The van der Waals surface area contributed by atoms with E-state index in [1.165, 1.54) is 15.0 Å². The molecular formula is C18H23NO2S. The van der Waals surface area contributed by atoms with E-state index in [1.807, 2.05) is 6.08 Å². The molecule has 0 bridgehead atoms. The fraction of sp³-hybridized carbons (Fsp3) is 0.389. The third-order valence-corrected chi connectivity index (χ3v) is 4.97. The van der Waals surface area contributed by atoms with Crippen LogP contribution in [0.4, 0.5) is 0 Å². The molecule has 3 nitrogen and oxygen atoms in total. The first-order valence-corrected chi connectivity index (χ1v) is 8.53. The summed E-state index contributed by atoms with van der Waals surface area (Å²) in [6, 6.07) is 10.6. The van der Waals surface area contributed by atoms with Gasteiger partial charge in [-0.15, -0.1) is 11.3 Å². The zero-order valence-electron chi connectivity index (χ0n) is 12.9. The topological polar surface area (TPSA) is 52.3 Å². The third kappa shape index (κ3) is 4.77. The lowest BCUT2D eigenvalue weighted by Gasteiger charge is -2.11. The lowest BCUT2D eigenvalue weighted by Crippen LogP contribution is -2.17. The lowest BCUT2D eigenvalue weighted by molar-refractivity contribution is -0.108. The van der Waals surface area contributed by atoms with E-state index in [0.717, 1.165) is 25.5 Å². The van der Waals surface area contributed by atoms with E-state index < -0.39 is 0 Å². The molecule has 2 unspecified atom stereocenters. The van der Waals surface area contributed by atoms with E-state index in [9.17, 15) is 4.79 Å². The standard InChI is InChI=1S/C18H23NO2S/c1-2-14(6-5-11-20)9-10-16(21-19)13-17-12-15-7-3-4-8-18(15)22-17/h3-4,7-12,14,16H,2,5-6,13,19H2,1H3/b10-9+. The number of carbonyl (C=O) groups excluding carboxylic acids is 1. The SMILES string of the molecule is CCC(/C=C/C(Cc1cc2ccccc2s1)ON)CCC=O. The van der Waals surface area contributed by atoms with E-state index in [4.69, 9.17) is 10.7 Å². The Bertz CT molecular complexity index is 587. The molecule has 1 heterocycles. The van der Waals surface area contributed by atoms with Crippen molar-refractivity contribution in [3.8, 4) is 0 Å². The van der Waals surface area contributed by atoms with Gasteiger partial charge in [0.15, 0.2) is 0 Å². The minimum Gasteiger partial charge on any atom is -0.303 e. The van der Waals surface area contributed by atoms with E-state index in [0.29, 0.717) is 12.3 Å². The number of aldehydes is 1. The van der Waals surface area contributed by atoms with Crippen molar-refractivity contribution in [1.82, 2.24) is 0 Å². The van der Waals surface area contributed by atoms with Gasteiger partial charge in [0.05, 0.1) is 0 Å². The van der Waals surface area contributed by atoms with Crippen LogP contribution in [0.5, 0.6) is 0 Å². The molecule has 0 amide bonds. The minimum atomic E-state index is -0.127. The minimum absolute atomic E-state index is 0.127. The number of fused-ring (bicyclic) bond motifs is 1. The van der Waals surface area contributed by atoms with Crippen LogP contribution in [0, 0.1) is 5.92 Å². The molecule has 0 fully saturated rings. The molecule has 1 aromatic carbocycles. The van der Waals surface area contributed by atoms with Gasteiger partial charge in [-0.25, -0.2) is 5.90 Å². The molecule has 0 radical (unpaired) electrons. The quantitative estimate of drug-likeness (QED) is 0.427. The summed E-state index contributed by atoms with van der Waals surface area (Å²) in [5.74, 6) is 5.85. The maximum atomic E-state index is 10.5. The Morgan fingerprint density at radius 2 is 2.14 bits per heavy atom. The Labute approximate surface area is 135 Å². The van der Waals surface area contributed by atoms with Gasteiger partial charge in [-0.3, -0.25) is 4.84 Å². The normalized spacial score (nSPS) is 14.5. The largest absolute Gasteiger partial charge is 0.303 e. The monoisotopic (exact) mass is 317 g/mol. The second-order valence-electron chi connectivity index (χ2n) is 5.43. The summed E-state index contributed by atoms with van der Waals surface area (Å²) >= 11 is 1.78. The molecule has 1 aromatic heterocycles. The van der Waals surface area contributed by atoms with E-state index in [1.54, 1.807) is 11.3 Å². The zero-order valence-corrected chi connectivity index (χ0v) is 13.7. The van der Waals surface area contributed by atoms with Crippen LogP contribution in [0.25, 0.3) is 10.1 Å². The predicted octanol–water partition coefficient (Wildman–Crippen LogP) is 4.26. The molecule has 0 saturated carbocycles. The maximum absolute atomic E-state index is 10.5. The van der Waals surface area contributed by atoms with Crippen LogP contribution in [0.2, 0.25) is 0 Å². The number of rotatable bonds is 9. The van der Waals surface area contributed by atoms with Gasteiger partial charge in [0.1, 0.15) is 12.4 Å². The highest BCUT2D eigenvalue weighted by molar-refractivity contribution is 7.19. The van der Waals surface area contributed by atoms with Crippen molar-refractivity contribution in [3.63, 3.8) is 0 Å². The fourth-order valence-electron chi connectivity index (χ4n) is 2.50. The zero-order chi connectivity index (χ0) is 15.8. The van der Waals surface area contributed by atoms with E-state index in [2.05, 4.69) is 43.3 Å². The number of benzene rings is 1. The summed E-state index contributed by atoms with van der Waals surface area (Å²) in [6.07, 6.45) is 8.30. The molecule has 0 aliphatic rings. The van der Waals surface area contributed by atoms with Crippen LogP contribution in [0.3, 0.4) is 0 Å². The molecule has 22 heavy (non-hydrogen) atoms. The highest BCUT2D eigenvalue weighted by atomic mass is 32.1. The van der Waals surface area contributed by atoms with Crippen LogP contribution in [0.15, 0.2) is 42.5 Å². The van der Waals surface area contributed by atoms with Crippen LogP contribution in [-0.4, -0.2) is 12.4 Å². The van der Waals surface area contributed by atoms with E-state index >= 15 is 0 Å². The smallest absolute Gasteiger partial charge is 0.120 e. The first-order chi connectivity index (χ1) is 10.8. The highest BCUT2D eigenvalue weighted by Gasteiger charge is 2.10. The molecule has 0 saturated heterocycles. The first kappa shape index (κ1) is 16.9. The Morgan fingerprint density at radius 1 is 1.32 bits per heavy atom. The third-order valence-electron chi connectivity index (χ3n) is 3.83. The van der Waals surface area contributed by atoms with Crippen LogP contribution < -0.4 is 5.90 Å². The Balaban J connectivity index is 2.00. The molecule has 118 valence electrons. The molecule has 2 atom stereocenters. The Kier molecular flexibility index (Phi) is 6.77. The van der Waals surface area contributed by atoms with Gasteiger partial charge in [0.2, 0.25) is 0 Å². The second-order valence-corrected chi connectivity index (χ2v) is 6.59. The van der Waals surface area contributed by atoms with Crippen molar-refractivity contribution in [2.45, 2.75) is 38.7 Å². The van der Waals surface area contributed by atoms with Crippen LogP contribution >= 0.6 is 11.3 Å². The maximum Gasteiger partial charge on any atom is 0.120 e. The first-order valence-electron chi connectivity index (χ1n) is 7.71. The van der Waals surface area contributed by atoms with Gasteiger partial charge in [0, 0.05) is 22.4 Å². The average molecular weight is 317 g/mol. The summed E-state index contributed by atoms with van der Waals surface area (Å²) in [7, 11) is 0. The van der Waals surface area contributed by atoms with Gasteiger partial charge in [-0.1, -0.05) is 37.3 Å². The van der Waals surface area contributed by atoms with Gasteiger partial charge >= 0.3 is 0 Å². The van der Waals surface area contributed by atoms with Gasteiger partial charge in [0.25, 0.3) is 0 Å². The number of hydrogen-bond donors (Lipinski definition) is 1. The summed E-state index contributed by atoms with van der Waals surface area (Å²) < 4.78 is 1.29. The fourth-order valence-corrected chi connectivity index (χ4v) is 3.60. The molecule has 0 spiro atoms. The molecular weight excluding hydrogens is 294 g/mol. The molecule has 0 aliphatic heterocycles. The average Bonchev–Trinajstić information content (AvgIpc) is 2.96. The van der Waals surface area contributed by atoms with Crippen molar-refractivity contribution >= 4 is 27.7 Å². The van der Waals surface area contributed by atoms with Gasteiger partial charge in [-0.05, 0) is 36.3 Å². The Hall–Kier alpha value is -1.49. The van der Waals surface area contributed by atoms with Gasteiger partial charge < -0.3 is 4.79 Å². The number of carbonyl (C=O) groups is 1. The van der Waals surface area contributed by atoms with Crippen LogP contribution in [-0.2, 0) is 16.1 Å². The number of allylic oxidation sites excluding steroid dienone is 1. The molecule has 0 aliphatic carbocycles. The van der Waals surface area contributed by atoms with Crippen molar-refractivity contribution < 1.29 is 9.63 Å². The summed E-state index contributed by atoms with van der Waals surface area (Å²) in [5.41, 5.74) is 0. The van der Waals surface area contributed by atoms with Crippen LogP contribution in [0.1, 0.15) is 31.1 Å². The molecule has 4 heteroatoms. The number of nitrogens with two attached hydrogens (primary N) is 1. The summed E-state index contributed by atoms with van der Waals surface area (Å²) in [5, 5.41) is 1.26. The van der Waals surface area contributed by atoms with E-state index in [-0.39, 0.29) is 6.10 Å². The summed E-state index contributed by atoms with van der Waals surface area (Å²) in [6.45, 7) is 2.13. The number of hydrogen-bond acceptors (Lipinski definition) is 4. The molecule has 2 rings (SSSR count). The van der Waals surface area contributed by atoms with Crippen molar-refractivity contribution in [2.75, 3.05) is 0 Å². The summed E-state index contributed by atoms with van der Waals surface area (Å²) in [4.78, 5) is 16.8. The second kappa shape index (κ2) is 8.83. The lowest BCUT2D eigenvalue weighted by atomic mass is 9.99. The van der Waals surface area contributed by atoms with Crippen molar-refractivity contribution in [3.05, 3.63) is 47.4 Å². The van der Waals surface area contributed by atoms with Crippen molar-refractivity contribution in [2.24, 2.45) is 11.8 Å². The Morgan fingerprint density at radius 3 is 2.82 bits per heavy atom. The predicted molar refractivity (Wildman–Crippen MR) is 92.8 cm³/mol. The molecule has 2 aromatic rings. The van der Waals surface area contributed by atoms with Crippen molar-refractivity contribution in [1.29, 1.82) is 0 Å². The van der Waals surface area contributed by atoms with Gasteiger partial charge in [-0.2, -0.15) is 0 Å². The number of thiophene rings is 1. The highest BCUT2D eigenvalue weighted by Crippen LogP contribution is 2.26. The molecule has 2 N–H and O–H groups in total.